The van der Waals surface area contributed by atoms with Crippen molar-refractivity contribution in [2.24, 2.45) is 0 Å². The first kappa shape index (κ1) is 19.8. The summed E-state index contributed by atoms with van der Waals surface area (Å²) in [5.41, 5.74) is 4.92. The van der Waals surface area contributed by atoms with E-state index in [9.17, 15) is 9.90 Å². The van der Waals surface area contributed by atoms with E-state index in [1.54, 1.807) is 24.5 Å². The largest absolute Gasteiger partial charge is 0.504 e. The fraction of sp³-hybridized carbons (Fsp3) is 0.115. The van der Waals surface area contributed by atoms with Gasteiger partial charge >= 0.3 is 0 Å². The summed E-state index contributed by atoms with van der Waals surface area (Å²) >= 11 is 0. The number of benzene rings is 2. The van der Waals surface area contributed by atoms with E-state index in [1.807, 2.05) is 30.3 Å². The van der Waals surface area contributed by atoms with Gasteiger partial charge in [-0.05, 0) is 49.2 Å². The Balaban J connectivity index is 1.40. The average molecular weight is 422 g/mol. The van der Waals surface area contributed by atoms with Crippen LogP contribution in [0.25, 0.3) is 27.5 Å². The summed E-state index contributed by atoms with van der Waals surface area (Å²) in [6.45, 7) is 2.52. The van der Waals surface area contributed by atoms with Crippen molar-refractivity contribution in [3.05, 3.63) is 96.1 Å². The molecule has 0 aliphatic heterocycles. The van der Waals surface area contributed by atoms with Crippen LogP contribution in [-0.4, -0.2) is 32.1 Å². The lowest BCUT2D eigenvalue weighted by atomic mass is 10.1. The number of hydrogen-bond acceptors (Lipinski definition) is 4. The number of aromatic nitrogens is 3. The zero-order valence-electron chi connectivity index (χ0n) is 17.6. The van der Waals surface area contributed by atoms with E-state index in [2.05, 4.69) is 51.0 Å². The maximum absolute atomic E-state index is 12.7. The summed E-state index contributed by atoms with van der Waals surface area (Å²) in [6.07, 6.45) is 3.79. The lowest BCUT2D eigenvalue weighted by molar-refractivity contribution is 0.0946. The molecule has 0 unspecified atom stereocenters. The van der Waals surface area contributed by atoms with Gasteiger partial charge in [-0.25, -0.2) is 4.98 Å². The third kappa shape index (κ3) is 3.36. The minimum atomic E-state index is -0.417. The fourth-order valence-corrected chi connectivity index (χ4v) is 4.24. The summed E-state index contributed by atoms with van der Waals surface area (Å²) in [7, 11) is 0. The molecule has 6 nitrogen and oxygen atoms in total. The lowest BCUT2D eigenvalue weighted by Gasteiger charge is -2.10. The van der Waals surface area contributed by atoms with Crippen molar-refractivity contribution in [3.8, 4) is 11.4 Å². The van der Waals surface area contributed by atoms with Crippen LogP contribution in [0.1, 0.15) is 21.7 Å². The van der Waals surface area contributed by atoms with Crippen LogP contribution in [0.3, 0.4) is 0 Å². The van der Waals surface area contributed by atoms with Crippen molar-refractivity contribution >= 4 is 27.7 Å². The molecule has 0 radical (unpaired) electrons. The Morgan fingerprint density at radius 3 is 2.62 bits per heavy atom. The highest BCUT2D eigenvalue weighted by atomic mass is 16.3. The van der Waals surface area contributed by atoms with Crippen LogP contribution in [0.4, 0.5) is 0 Å². The lowest BCUT2D eigenvalue weighted by Crippen LogP contribution is -2.26. The molecule has 0 saturated carbocycles. The van der Waals surface area contributed by atoms with Gasteiger partial charge in [0.1, 0.15) is 5.52 Å². The number of carbonyl (C=O) groups excluding carboxylic acids is 1. The molecule has 0 aliphatic rings. The molecule has 0 aliphatic carbocycles. The van der Waals surface area contributed by atoms with Crippen LogP contribution < -0.4 is 5.32 Å². The molecular weight excluding hydrogens is 400 g/mol. The summed E-state index contributed by atoms with van der Waals surface area (Å²) < 4.78 is 2.24. The molecule has 2 N–H and O–H groups in total. The van der Waals surface area contributed by atoms with Crippen LogP contribution in [0.2, 0.25) is 0 Å². The number of pyridine rings is 2. The summed E-state index contributed by atoms with van der Waals surface area (Å²) in [5.74, 6) is -0.614. The first-order valence-corrected chi connectivity index (χ1v) is 10.5. The highest BCUT2D eigenvalue weighted by Gasteiger charge is 2.18. The second kappa shape index (κ2) is 8.15. The topological polar surface area (TPSA) is 80.0 Å². The van der Waals surface area contributed by atoms with E-state index in [4.69, 9.17) is 0 Å². The van der Waals surface area contributed by atoms with Gasteiger partial charge in [0, 0.05) is 41.1 Å². The van der Waals surface area contributed by atoms with Gasteiger partial charge in [0.05, 0.1) is 5.52 Å². The number of aromatic hydroxyl groups is 1. The normalized spacial score (nSPS) is 11.2. The number of rotatable bonds is 5. The number of para-hydroxylation sites is 2. The van der Waals surface area contributed by atoms with E-state index >= 15 is 0 Å². The molecule has 0 atom stereocenters. The van der Waals surface area contributed by atoms with E-state index in [0.717, 1.165) is 16.9 Å². The molecule has 3 aromatic heterocycles. The molecule has 0 saturated heterocycles. The highest BCUT2D eigenvalue weighted by Crippen LogP contribution is 2.29. The predicted molar refractivity (Wildman–Crippen MR) is 125 cm³/mol. The summed E-state index contributed by atoms with van der Waals surface area (Å²) in [6, 6.07) is 22.1. The van der Waals surface area contributed by atoms with Crippen LogP contribution >= 0.6 is 0 Å². The molecule has 3 heterocycles. The standard InChI is InChI=1S/C26H22N4O2/c1-17-20(21-11-5-6-12-22(21)30(17)19-9-3-2-4-10-19)13-15-28-26(32)24-25(31)23-18(16-29-24)8-7-14-27-23/h2-12,14,16,31H,13,15H2,1H3,(H,28,32). The number of hydrogen-bond donors (Lipinski definition) is 2. The number of nitrogens with zero attached hydrogens (tertiary/aromatic N) is 3. The molecule has 2 aromatic carbocycles. The van der Waals surface area contributed by atoms with Crippen molar-refractivity contribution in [1.29, 1.82) is 0 Å². The average Bonchev–Trinajstić information content (AvgIpc) is 3.11. The molecule has 0 spiro atoms. The second-order valence-electron chi connectivity index (χ2n) is 7.65. The Morgan fingerprint density at radius 1 is 1.00 bits per heavy atom. The second-order valence-corrected chi connectivity index (χ2v) is 7.65. The van der Waals surface area contributed by atoms with Crippen LogP contribution in [0, 0.1) is 6.92 Å². The minimum Gasteiger partial charge on any atom is -0.504 e. The Bertz CT molecular complexity index is 1440. The van der Waals surface area contributed by atoms with Crippen molar-refractivity contribution in [3.63, 3.8) is 0 Å². The zero-order chi connectivity index (χ0) is 22.1. The molecule has 0 fully saturated rings. The molecule has 5 aromatic rings. The van der Waals surface area contributed by atoms with Crippen LogP contribution in [0.15, 0.2) is 79.1 Å². The molecule has 6 heteroatoms. The fourth-order valence-electron chi connectivity index (χ4n) is 4.24. The third-order valence-electron chi connectivity index (χ3n) is 5.75. The van der Waals surface area contributed by atoms with Crippen molar-refractivity contribution in [2.45, 2.75) is 13.3 Å². The van der Waals surface area contributed by atoms with Gasteiger partial charge in [0.2, 0.25) is 0 Å². The molecule has 1 amide bonds. The van der Waals surface area contributed by atoms with E-state index < -0.39 is 5.91 Å². The molecule has 0 bridgehead atoms. The first-order chi connectivity index (χ1) is 15.6. The first-order valence-electron chi connectivity index (χ1n) is 10.5. The summed E-state index contributed by atoms with van der Waals surface area (Å²) in [4.78, 5) is 21.0. The van der Waals surface area contributed by atoms with E-state index in [0.29, 0.717) is 23.9 Å². The maximum Gasteiger partial charge on any atom is 0.273 e. The minimum absolute atomic E-state index is 0.0142. The van der Waals surface area contributed by atoms with Gasteiger partial charge in [-0.3, -0.25) is 9.78 Å². The van der Waals surface area contributed by atoms with Gasteiger partial charge in [0.25, 0.3) is 5.91 Å². The Labute approximate surface area is 185 Å². The van der Waals surface area contributed by atoms with Crippen molar-refractivity contribution in [1.82, 2.24) is 19.9 Å². The van der Waals surface area contributed by atoms with Crippen molar-refractivity contribution < 1.29 is 9.90 Å². The van der Waals surface area contributed by atoms with Crippen molar-refractivity contribution in [2.75, 3.05) is 6.54 Å². The van der Waals surface area contributed by atoms with Gasteiger partial charge in [-0.15, -0.1) is 0 Å². The Morgan fingerprint density at radius 2 is 1.78 bits per heavy atom. The third-order valence-corrected chi connectivity index (χ3v) is 5.75. The van der Waals surface area contributed by atoms with E-state index in [-0.39, 0.29) is 11.4 Å². The molecule has 5 rings (SSSR count). The quantitative estimate of drug-likeness (QED) is 0.435. The Kier molecular flexibility index (Phi) is 5.03. The Hall–Kier alpha value is -4.19. The number of fused-ring (bicyclic) bond motifs is 2. The molecule has 32 heavy (non-hydrogen) atoms. The van der Waals surface area contributed by atoms with Gasteiger partial charge in [-0.2, -0.15) is 0 Å². The highest BCUT2D eigenvalue weighted by molar-refractivity contribution is 6.00. The summed E-state index contributed by atoms with van der Waals surface area (Å²) in [5, 5.41) is 15.2. The SMILES string of the molecule is Cc1c(CCNC(=O)c2ncc3cccnc3c2O)c2ccccc2n1-c1ccccc1. The zero-order valence-corrected chi connectivity index (χ0v) is 17.6. The van der Waals surface area contributed by atoms with Crippen LogP contribution in [-0.2, 0) is 6.42 Å². The van der Waals surface area contributed by atoms with Gasteiger partial charge in [-0.1, -0.05) is 36.4 Å². The predicted octanol–water partition coefficient (Wildman–Crippen LogP) is 4.56. The van der Waals surface area contributed by atoms with E-state index in [1.165, 1.54) is 10.9 Å². The van der Waals surface area contributed by atoms with Crippen LogP contribution in [0.5, 0.6) is 5.75 Å². The molecular formula is C26H22N4O2. The van der Waals surface area contributed by atoms with Gasteiger partial charge < -0.3 is 15.0 Å². The monoisotopic (exact) mass is 422 g/mol. The maximum atomic E-state index is 12.7. The number of nitrogens with one attached hydrogen (secondary N) is 1. The number of carbonyl (C=O) groups is 1. The smallest absolute Gasteiger partial charge is 0.273 e. The van der Waals surface area contributed by atoms with Gasteiger partial charge in [0.15, 0.2) is 11.4 Å². The molecule has 158 valence electrons. The number of amides is 1.